The highest BCUT2D eigenvalue weighted by Crippen LogP contribution is 2.27. The van der Waals surface area contributed by atoms with E-state index in [0.717, 1.165) is 37.9 Å². The molecule has 1 aliphatic carbocycles. The highest BCUT2D eigenvalue weighted by atomic mass is 32.2. The van der Waals surface area contributed by atoms with Crippen LogP contribution in [0.25, 0.3) is 0 Å². The molecule has 0 heterocycles. The smallest absolute Gasteiger partial charge is 0.242 e. The van der Waals surface area contributed by atoms with Crippen molar-refractivity contribution in [3.63, 3.8) is 0 Å². The highest BCUT2D eigenvalue weighted by molar-refractivity contribution is 7.89. The van der Waals surface area contributed by atoms with E-state index in [-0.39, 0.29) is 4.90 Å². The van der Waals surface area contributed by atoms with Crippen molar-refractivity contribution in [2.75, 3.05) is 31.3 Å². The molecular formula is C16H26N4O2S2. The third-order valence-corrected chi connectivity index (χ3v) is 5.81. The fraction of sp³-hybridized carbons (Fsp3) is 0.562. The van der Waals surface area contributed by atoms with Gasteiger partial charge in [0.2, 0.25) is 10.0 Å². The van der Waals surface area contributed by atoms with Crippen LogP contribution in [0.4, 0.5) is 11.4 Å². The maximum absolute atomic E-state index is 12.4. The van der Waals surface area contributed by atoms with Crippen molar-refractivity contribution in [2.45, 2.75) is 43.5 Å². The molecular weight excluding hydrogens is 344 g/mol. The molecule has 0 aliphatic heterocycles. The van der Waals surface area contributed by atoms with Gasteiger partial charge in [0.05, 0.1) is 16.3 Å². The molecule has 0 radical (unpaired) electrons. The monoisotopic (exact) mass is 370 g/mol. The van der Waals surface area contributed by atoms with Crippen molar-refractivity contribution in [3.05, 3.63) is 18.2 Å². The largest absolute Gasteiger partial charge is 0.383 e. The third-order valence-electron chi connectivity index (χ3n) is 3.78. The lowest BCUT2D eigenvalue weighted by Crippen LogP contribution is -2.30. The normalized spacial score (nSPS) is 14.5. The van der Waals surface area contributed by atoms with Crippen molar-refractivity contribution in [2.24, 2.45) is 0 Å². The summed E-state index contributed by atoms with van der Waals surface area (Å²) >= 11 is 5.33. The molecule has 0 saturated heterocycles. The fourth-order valence-electron chi connectivity index (χ4n) is 2.12. The first-order valence-electron chi connectivity index (χ1n) is 8.22. The van der Waals surface area contributed by atoms with Crippen molar-refractivity contribution >= 4 is 38.7 Å². The second-order valence-corrected chi connectivity index (χ2v) is 8.71. The second kappa shape index (κ2) is 8.13. The average Bonchev–Trinajstić information content (AvgIpc) is 3.32. The molecule has 6 nitrogen and oxygen atoms in total. The van der Waals surface area contributed by atoms with Gasteiger partial charge in [-0.3, -0.25) is 0 Å². The summed E-state index contributed by atoms with van der Waals surface area (Å²) in [6.45, 7) is 2.95. The molecule has 0 aromatic heterocycles. The predicted octanol–water partition coefficient (Wildman–Crippen LogP) is 2.60. The number of hydrogen-bond acceptors (Lipinski definition) is 4. The molecule has 0 spiro atoms. The first-order chi connectivity index (χ1) is 11.3. The van der Waals surface area contributed by atoms with Gasteiger partial charge >= 0.3 is 0 Å². The van der Waals surface area contributed by atoms with E-state index in [4.69, 9.17) is 12.2 Å². The van der Waals surface area contributed by atoms with Gasteiger partial charge in [0, 0.05) is 26.7 Å². The summed E-state index contributed by atoms with van der Waals surface area (Å²) in [5.74, 6) is 0. The summed E-state index contributed by atoms with van der Waals surface area (Å²) < 4.78 is 25.9. The molecule has 1 aliphatic rings. The Bertz CT molecular complexity index is 685. The molecule has 1 aromatic rings. The van der Waals surface area contributed by atoms with Crippen LogP contribution in [0.2, 0.25) is 0 Å². The van der Waals surface area contributed by atoms with Crippen LogP contribution >= 0.6 is 12.2 Å². The van der Waals surface area contributed by atoms with Crippen molar-refractivity contribution in [3.8, 4) is 0 Å². The Kier molecular flexibility index (Phi) is 6.42. The summed E-state index contributed by atoms with van der Waals surface area (Å²) in [6.07, 6.45) is 4.38. The number of hydrogen-bond donors (Lipinski definition) is 3. The van der Waals surface area contributed by atoms with Crippen molar-refractivity contribution in [1.29, 1.82) is 0 Å². The van der Waals surface area contributed by atoms with Crippen molar-refractivity contribution in [1.82, 2.24) is 9.62 Å². The number of thiocarbonyl (C=S) groups is 1. The molecule has 134 valence electrons. The summed E-state index contributed by atoms with van der Waals surface area (Å²) in [4.78, 5) is 0.241. The van der Waals surface area contributed by atoms with E-state index in [9.17, 15) is 8.42 Å². The molecule has 0 bridgehead atoms. The summed E-state index contributed by atoms with van der Waals surface area (Å²) in [7, 11) is -0.440. The van der Waals surface area contributed by atoms with Gasteiger partial charge in [-0.25, -0.2) is 12.7 Å². The Morgan fingerprint density at radius 2 is 2.00 bits per heavy atom. The fourth-order valence-corrected chi connectivity index (χ4v) is 3.33. The lowest BCUT2D eigenvalue weighted by atomic mass is 10.2. The van der Waals surface area contributed by atoms with Crippen molar-refractivity contribution < 1.29 is 8.42 Å². The maximum Gasteiger partial charge on any atom is 0.242 e. The van der Waals surface area contributed by atoms with Gasteiger partial charge < -0.3 is 16.0 Å². The van der Waals surface area contributed by atoms with Crippen LogP contribution in [0.1, 0.15) is 32.6 Å². The minimum Gasteiger partial charge on any atom is -0.383 e. The number of nitrogens with one attached hydrogen (secondary N) is 3. The Morgan fingerprint density at radius 3 is 2.58 bits per heavy atom. The summed E-state index contributed by atoms with van der Waals surface area (Å²) in [5, 5.41) is 10.2. The quantitative estimate of drug-likeness (QED) is 0.482. The Labute approximate surface area is 150 Å². The van der Waals surface area contributed by atoms with Gasteiger partial charge in [-0.15, -0.1) is 0 Å². The summed E-state index contributed by atoms with van der Waals surface area (Å²) in [6, 6.07) is 5.47. The van der Waals surface area contributed by atoms with E-state index >= 15 is 0 Å². The minimum absolute atomic E-state index is 0.241. The minimum atomic E-state index is -3.49. The van der Waals surface area contributed by atoms with E-state index in [2.05, 4.69) is 22.9 Å². The molecule has 24 heavy (non-hydrogen) atoms. The number of unbranched alkanes of at least 4 members (excludes halogenated alkanes) is 1. The molecule has 1 aromatic carbocycles. The van der Waals surface area contributed by atoms with Gasteiger partial charge in [-0.2, -0.15) is 0 Å². The Balaban J connectivity index is 2.24. The SMILES string of the molecule is CCCCNc1ccc(S(=O)(=O)N(C)C)cc1NC(=S)NC1CC1. The van der Waals surface area contributed by atoms with Gasteiger partial charge in [0.1, 0.15) is 0 Å². The second-order valence-electron chi connectivity index (χ2n) is 6.15. The Morgan fingerprint density at radius 1 is 1.29 bits per heavy atom. The maximum atomic E-state index is 12.4. The van der Waals surface area contributed by atoms with E-state index in [1.54, 1.807) is 18.2 Å². The van der Waals surface area contributed by atoms with Crippen LogP contribution in [0.3, 0.4) is 0 Å². The standard InChI is InChI=1S/C16H26N4O2S2/c1-4-5-10-17-14-9-8-13(24(21,22)20(2)3)11-15(14)19-16(23)18-12-6-7-12/h8-9,11-12,17H,4-7,10H2,1-3H3,(H2,18,19,23). The van der Waals surface area contributed by atoms with E-state index in [1.807, 2.05) is 0 Å². The van der Waals surface area contributed by atoms with Crippen LogP contribution in [-0.4, -0.2) is 44.5 Å². The molecule has 3 N–H and O–H groups in total. The highest BCUT2D eigenvalue weighted by Gasteiger charge is 2.23. The molecule has 0 amide bonds. The first-order valence-corrected chi connectivity index (χ1v) is 10.1. The lowest BCUT2D eigenvalue weighted by Gasteiger charge is -2.18. The number of benzene rings is 1. The zero-order valence-electron chi connectivity index (χ0n) is 14.4. The van der Waals surface area contributed by atoms with E-state index in [1.165, 1.54) is 18.4 Å². The lowest BCUT2D eigenvalue weighted by molar-refractivity contribution is 0.521. The van der Waals surface area contributed by atoms with Gasteiger partial charge in [0.25, 0.3) is 0 Å². The van der Waals surface area contributed by atoms with Crippen LogP contribution in [0.5, 0.6) is 0 Å². The third kappa shape index (κ3) is 5.06. The zero-order valence-corrected chi connectivity index (χ0v) is 16.1. The first kappa shape index (κ1) is 19.0. The summed E-state index contributed by atoms with van der Waals surface area (Å²) in [5.41, 5.74) is 1.52. The zero-order chi connectivity index (χ0) is 17.7. The van der Waals surface area contributed by atoms with Crippen LogP contribution in [0, 0.1) is 0 Å². The van der Waals surface area contributed by atoms with Gasteiger partial charge in [-0.05, 0) is 49.7 Å². The van der Waals surface area contributed by atoms with Gasteiger partial charge in [-0.1, -0.05) is 13.3 Å². The van der Waals surface area contributed by atoms with Gasteiger partial charge in [0.15, 0.2) is 5.11 Å². The van der Waals surface area contributed by atoms with Crippen LogP contribution in [-0.2, 0) is 10.0 Å². The molecule has 1 fully saturated rings. The molecule has 0 unspecified atom stereocenters. The topological polar surface area (TPSA) is 73.5 Å². The number of anilines is 2. The molecule has 0 atom stereocenters. The number of rotatable bonds is 8. The average molecular weight is 371 g/mol. The predicted molar refractivity (Wildman–Crippen MR) is 103 cm³/mol. The van der Waals surface area contributed by atoms with E-state index in [0.29, 0.717) is 16.8 Å². The number of nitrogens with zero attached hydrogens (tertiary/aromatic N) is 1. The van der Waals surface area contributed by atoms with E-state index < -0.39 is 10.0 Å². The molecule has 8 heteroatoms. The van der Waals surface area contributed by atoms with Crippen LogP contribution < -0.4 is 16.0 Å². The van der Waals surface area contributed by atoms with Crippen LogP contribution in [0.15, 0.2) is 23.1 Å². The Hall–Kier alpha value is -1.38. The number of sulfonamides is 1. The molecule has 1 saturated carbocycles. The molecule has 2 rings (SSSR count).